The number of ether oxygens (including phenoxy) is 2. The Hall–Kier alpha value is -2.99. The number of sulfonamides is 1. The summed E-state index contributed by atoms with van der Waals surface area (Å²) < 4.78 is 77.2. The summed E-state index contributed by atoms with van der Waals surface area (Å²) in [6.07, 6.45) is -4.93. The number of anilines is 2. The summed E-state index contributed by atoms with van der Waals surface area (Å²) in [4.78, 5) is 13.9. The molecule has 0 aliphatic carbocycles. The number of piperazine rings is 1. The van der Waals surface area contributed by atoms with E-state index in [1.807, 2.05) is 0 Å². The maximum Gasteiger partial charge on any atom is 0.471 e. The van der Waals surface area contributed by atoms with Crippen LogP contribution in [-0.2, 0) is 26.2 Å². The summed E-state index contributed by atoms with van der Waals surface area (Å²) in [6.45, 7) is 0.0906. The van der Waals surface area contributed by atoms with Crippen molar-refractivity contribution in [1.29, 1.82) is 0 Å². The van der Waals surface area contributed by atoms with Crippen molar-refractivity contribution in [3.05, 3.63) is 48.0 Å². The summed E-state index contributed by atoms with van der Waals surface area (Å²) >= 11 is 0. The molecule has 1 N–H and O–H groups in total. The van der Waals surface area contributed by atoms with Gasteiger partial charge in [-0.05, 0) is 24.3 Å². The van der Waals surface area contributed by atoms with Gasteiger partial charge in [0.25, 0.3) is 10.0 Å². The zero-order chi connectivity index (χ0) is 24.2. The average molecular weight is 488 g/mol. The van der Waals surface area contributed by atoms with Crippen molar-refractivity contribution in [3.8, 4) is 5.75 Å². The summed E-state index contributed by atoms with van der Waals surface area (Å²) in [5.74, 6) is -1.52. The van der Waals surface area contributed by atoms with Gasteiger partial charge in [0.15, 0.2) is 0 Å². The first kappa shape index (κ1) is 24.6. The van der Waals surface area contributed by atoms with Gasteiger partial charge in [-0.1, -0.05) is 18.2 Å². The highest BCUT2D eigenvalue weighted by Crippen LogP contribution is 2.33. The van der Waals surface area contributed by atoms with Crippen LogP contribution in [0.1, 0.15) is 5.56 Å². The molecule has 1 fully saturated rings. The number of rotatable bonds is 7. The molecule has 0 atom stereocenters. The number of benzene rings is 2. The molecule has 0 radical (unpaired) electrons. The van der Waals surface area contributed by atoms with Crippen molar-refractivity contribution in [2.24, 2.45) is 0 Å². The lowest BCUT2D eigenvalue weighted by Gasteiger charge is -2.36. The third-order valence-electron chi connectivity index (χ3n) is 5.17. The van der Waals surface area contributed by atoms with Crippen molar-refractivity contribution < 1.29 is 35.9 Å². The number of methoxy groups -OCH3 is 2. The Balaban J connectivity index is 1.84. The number of carbonyl (C=O) groups is 1. The van der Waals surface area contributed by atoms with Crippen molar-refractivity contribution in [1.82, 2.24) is 4.90 Å². The molecule has 1 heterocycles. The van der Waals surface area contributed by atoms with E-state index in [-0.39, 0.29) is 37.7 Å². The normalized spacial score (nSPS) is 14.8. The highest BCUT2D eigenvalue weighted by Gasteiger charge is 2.43. The molecule has 0 aromatic heterocycles. The van der Waals surface area contributed by atoms with Crippen LogP contribution in [0.5, 0.6) is 5.75 Å². The van der Waals surface area contributed by atoms with E-state index in [4.69, 9.17) is 9.47 Å². The molecule has 0 unspecified atom stereocenters. The molecule has 33 heavy (non-hydrogen) atoms. The average Bonchev–Trinajstić information content (AvgIpc) is 2.79. The van der Waals surface area contributed by atoms with Gasteiger partial charge in [0.1, 0.15) is 5.75 Å². The topological polar surface area (TPSA) is 88.2 Å². The fraction of sp³-hybridized carbons (Fsp3) is 0.381. The predicted molar refractivity (Wildman–Crippen MR) is 116 cm³/mol. The molecule has 12 heteroatoms. The Morgan fingerprint density at radius 3 is 2.33 bits per heavy atom. The number of amides is 1. The van der Waals surface area contributed by atoms with Gasteiger partial charge in [-0.15, -0.1) is 0 Å². The first-order valence-electron chi connectivity index (χ1n) is 9.95. The van der Waals surface area contributed by atoms with Crippen molar-refractivity contribution in [2.75, 3.05) is 50.0 Å². The van der Waals surface area contributed by atoms with Crippen LogP contribution in [0.3, 0.4) is 0 Å². The Bertz CT molecular complexity index is 1100. The fourth-order valence-electron chi connectivity index (χ4n) is 3.52. The van der Waals surface area contributed by atoms with E-state index in [1.54, 1.807) is 29.2 Å². The molecular weight excluding hydrogens is 463 g/mol. The fourth-order valence-corrected chi connectivity index (χ4v) is 4.64. The Labute approximate surface area is 189 Å². The quantitative estimate of drug-likeness (QED) is 0.646. The van der Waals surface area contributed by atoms with E-state index in [0.29, 0.717) is 22.7 Å². The number of nitrogens with zero attached hydrogens (tertiary/aromatic N) is 2. The van der Waals surface area contributed by atoms with Gasteiger partial charge in [0.2, 0.25) is 0 Å². The second-order valence-corrected chi connectivity index (χ2v) is 8.99. The molecule has 3 rings (SSSR count). The lowest BCUT2D eigenvalue weighted by atomic mass is 10.2. The van der Waals surface area contributed by atoms with E-state index in [9.17, 15) is 26.4 Å². The van der Waals surface area contributed by atoms with E-state index in [1.165, 1.54) is 32.4 Å². The summed E-state index contributed by atoms with van der Waals surface area (Å²) in [6, 6.07) is 11.1. The number of carbonyl (C=O) groups excluding carboxylic acids is 1. The number of alkyl halides is 3. The minimum Gasteiger partial charge on any atom is -0.495 e. The molecule has 1 saturated heterocycles. The number of para-hydroxylation sites is 1. The van der Waals surface area contributed by atoms with Crippen molar-refractivity contribution in [2.45, 2.75) is 17.7 Å². The minimum atomic E-state index is -4.93. The van der Waals surface area contributed by atoms with Crippen LogP contribution < -0.4 is 14.4 Å². The van der Waals surface area contributed by atoms with Crippen molar-refractivity contribution >= 4 is 27.3 Å². The SMILES string of the molecule is COCc1ccccc1NS(=O)(=O)c1ccc(OC)c(N2CCN(C(=O)C(F)(F)F)CC2)c1. The lowest BCUT2D eigenvalue weighted by molar-refractivity contribution is -0.185. The van der Waals surface area contributed by atoms with E-state index < -0.39 is 22.1 Å². The highest BCUT2D eigenvalue weighted by molar-refractivity contribution is 7.92. The van der Waals surface area contributed by atoms with Crippen LogP contribution in [-0.4, -0.2) is 65.8 Å². The van der Waals surface area contributed by atoms with Crippen LogP contribution in [0.4, 0.5) is 24.5 Å². The molecular formula is C21H24F3N3O5S. The third-order valence-corrected chi connectivity index (χ3v) is 6.54. The molecule has 180 valence electrons. The van der Waals surface area contributed by atoms with Crippen LogP contribution in [0, 0.1) is 0 Å². The molecule has 1 amide bonds. The second-order valence-electron chi connectivity index (χ2n) is 7.31. The number of hydrogen-bond acceptors (Lipinski definition) is 6. The van der Waals surface area contributed by atoms with Gasteiger partial charge in [0, 0.05) is 38.9 Å². The van der Waals surface area contributed by atoms with Crippen LogP contribution >= 0.6 is 0 Å². The van der Waals surface area contributed by atoms with Gasteiger partial charge < -0.3 is 19.3 Å². The second kappa shape index (κ2) is 9.87. The van der Waals surface area contributed by atoms with Crippen LogP contribution in [0.25, 0.3) is 0 Å². The van der Waals surface area contributed by atoms with Gasteiger partial charge in [0.05, 0.1) is 30.0 Å². The maximum atomic E-state index is 13.1. The maximum absolute atomic E-state index is 13.1. The van der Waals surface area contributed by atoms with E-state index >= 15 is 0 Å². The first-order valence-corrected chi connectivity index (χ1v) is 11.4. The smallest absolute Gasteiger partial charge is 0.471 e. The van der Waals surface area contributed by atoms with Gasteiger partial charge in [-0.2, -0.15) is 13.2 Å². The van der Waals surface area contributed by atoms with Crippen molar-refractivity contribution in [3.63, 3.8) is 0 Å². The molecule has 2 aromatic carbocycles. The van der Waals surface area contributed by atoms with Crippen LogP contribution in [0.15, 0.2) is 47.4 Å². The number of halogens is 3. The first-order chi connectivity index (χ1) is 15.6. The monoisotopic (exact) mass is 487 g/mol. The number of hydrogen-bond donors (Lipinski definition) is 1. The molecule has 0 bridgehead atoms. The van der Waals surface area contributed by atoms with Gasteiger partial charge in [-0.3, -0.25) is 9.52 Å². The molecule has 0 spiro atoms. The van der Waals surface area contributed by atoms with E-state index in [2.05, 4.69) is 4.72 Å². The molecule has 1 aliphatic rings. The Morgan fingerprint density at radius 2 is 1.73 bits per heavy atom. The summed E-state index contributed by atoms with van der Waals surface area (Å²) in [7, 11) is -1.07. The minimum absolute atomic E-state index is 0.0423. The van der Waals surface area contributed by atoms with E-state index in [0.717, 1.165) is 4.90 Å². The molecule has 1 aliphatic heterocycles. The largest absolute Gasteiger partial charge is 0.495 e. The summed E-state index contributed by atoms with van der Waals surface area (Å²) in [5.41, 5.74) is 1.43. The Morgan fingerprint density at radius 1 is 1.06 bits per heavy atom. The number of nitrogens with one attached hydrogen (secondary N) is 1. The third kappa shape index (κ3) is 5.69. The standard InChI is InChI=1S/C21H24F3N3O5S/c1-31-14-15-5-3-4-6-17(15)25-33(29,30)16-7-8-19(32-2)18(13-16)26-9-11-27(12-10-26)20(28)21(22,23)24/h3-8,13,25H,9-12,14H2,1-2H3. The molecule has 0 saturated carbocycles. The zero-order valence-corrected chi connectivity index (χ0v) is 18.9. The molecule has 8 nitrogen and oxygen atoms in total. The highest BCUT2D eigenvalue weighted by atomic mass is 32.2. The lowest BCUT2D eigenvalue weighted by Crippen LogP contribution is -2.52. The van der Waals surface area contributed by atoms with Gasteiger partial charge in [-0.25, -0.2) is 8.42 Å². The molecule has 2 aromatic rings. The predicted octanol–water partition coefficient (Wildman–Crippen LogP) is 2.85. The Kier molecular flexibility index (Phi) is 7.38. The summed E-state index contributed by atoms with van der Waals surface area (Å²) in [5, 5.41) is 0. The zero-order valence-electron chi connectivity index (χ0n) is 18.1. The van der Waals surface area contributed by atoms with Gasteiger partial charge >= 0.3 is 12.1 Å². The van der Waals surface area contributed by atoms with Crippen LogP contribution in [0.2, 0.25) is 0 Å².